The van der Waals surface area contributed by atoms with Gasteiger partial charge in [-0.1, -0.05) is 6.07 Å². The summed E-state index contributed by atoms with van der Waals surface area (Å²) in [7, 11) is 1.62. The maximum Gasteiger partial charge on any atom is 0.238 e. The van der Waals surface area contributed by atoms with E-state index in [0.717, 1.165) is 50.7 Å². The van der Waals surface area contributed by atoms with Gasteiger partial charge in [-0.2, -0.15) is 0 Å². The van der Waals surface area contributed by atoms with Crippen molar-refractivity contribution in [2.24, 2.45) is 0 Å². The number of rotatable bonds is 7. The molecule has 0 saturated carbocycles. The number of carbonyl (C=O) groups excluding carboxylic acids is 1. The fraction of sp³-hybridized carbons (Fsp3) is 0.444. The third kappa shape index (κ3) is 5.30. The van der Waals surface area contributed by atoms with Gasteiger partial charge in [0.1, 0.15) is 5.75 Å². The smallest absolute Gasteiger partial charge is 0.238 e. The molecule has 2 heterocycles. The number of nitrogens with one attached hydrogen (secondary N) is 1. The zero-order valence-corrected chi connectivity index (χ0v) is 14.6. The van der Waals surface area contributed by atoms with Crippen molar-refractivity contribution < 1.29 is 9.53 Å². The molecule has 1 saturated heterocycles. The zero-order valence-electron chi connectivity index (χ0n) is 14.6. The van der Waals surface area contributed by atoms with Crippen molar-refractivity contribution in [1.82, 2.24) is 19.4 Å². The average molecular weight is 343 g/mol. The number of hydrogen-bond donors (Lipinski definition) is 1. The Morgan fingerprint density at radius 2 is 2.00 bits per heavy atom. The first-order valence-corrected chi connectivity index (χ1v) is 8.57. The highest BCUT2D eigenvalue weighted by molar-refractivity contribution is 5.92. The van der Waals surface area contributed by atoms with Crippen LogP contribution in [0.15, 0.2) is 43.0 Å². The molecule has 0 unspecified atom stereocenters. The number of ether oxygens (including phenoxy) is 1. The number of methoxy groups -OCH3 is 1. The Morgan fingerprint density at radius 3 is 2.72 bits per heavy atom. The number of benzene rings is 1. The second-order valence-electron chi connectivity index (χ2n) is 6.20. The SMILES string of the molecule is COc1cccc(NC(=O)CN2CCN(CCn3ccnc3)CC2)c1. The molecule has 1 amide bonds. The van der Waals surface area contributed by atoms with Crippen molar-refractivity contribution in [2.75, 3.05) is 51.7 Å². The predicted molar refractivity (Wildman–Crippen MR) is 96.7 cm³/mol. The van der Waals surface area contributed by atoms with Crippen LogP contribution in [-0.2, 0) is 11.3 Å². The van der Waals surface area contributed by atoms with Crippen LogP contribution in [0.1, 0.15) is 0 Å². The van der Waals surface area contributed by atoms with E-state index in [-0.39, 0.29) is 5.91 Å². The normalized spacial score (nSPS) is 15.9. The van der Waals surface area contributed by atoms with E-state index in [9.17, 15) is 4.79 Å². The Bertz CT molecular complexity index is 666. The molecule has 0 radical (unpaired) electrons. The van der Waals surface area contributed by atoms with Gasteiger partial charge in [-0.25, -0.2) is 4.98 Å². The van der Waals surface area contributed by atoms with Gasteiger partial charge in [0.25, 0.3) is 0 Å². The highest BCUT2D eigenvalue weighted by Gasteiger charge is 2.18. The maximum atomic E-state index is 12.2. The summed E-state index contributed by atoms with van der Waals surface area (Å²) in [5.41, 5.74) is 0.767. The number of anilines is 1. The lowest BCUT2D eigenvalue weighted by atomic mass is 10.3. The first kappa shape index (κ1) is 17.4. The van der Waals surface area contributed by atoms with E-state index in [1.807, 2.05) is 36.8 Å². The summed E-state index contributed by atoms with van der Waals surface area (Å²) in [5, 5.41) is 2.93. The van der Waals surface area contributed by atoms with Gasteiger partial charge >= 0.3 is 0 Å². The molecule has 1 aliphatic rings. The van der Waals surface area contributed by atoms with Gasteiger partial charge in [0.05, 0.1) is 20.0 Å². The van der Waals surface area contributed by atoms with Crippen LogP contribution < -0.4 is 10.1 Å². The van der Waals surface area contributed by atoms with Crippen molar-refractivity contribution >= 4 is 11.6 Å². The molecule has 25 heavy (non-hydrogen) atoms. The van der Waals surface area contributed by atoms with E-state index >= 15 is 0 Å². The molecule has 1 aromatic heterocycles. The van der Waals surface area contributed by atoms with Gasteiger partial charge in [0.15, 0.2) is 0 Å². The zero-order chi connectivity index (χ0) is 17.5. The molecule has 3 rings (SSSR count). The van der Waals surface area contributed by atoms with E-state index in [0.29, 0.717) is 6.54 Å². The van der Waals surface area contributed by atoms with E-state index in [2.05, 4.69) is 24.7 Å². The highest BCUT2D eigenvalue weighted by Crippen LogP contribution is 2.16. The molecule has 0 atom stereocenters. The number of nitrogens with zero attached hydrogens (tertiary/aromatic N) is 4. The fourth-order valence-electron chi connectivity index (χ4n) is 2.95. The van der Waals surface area contributed by atoms with Gasteiger partial charge in [0, 0.05) is 63.4 Å². The van der Waals surface area contributed by atoms with Crippen LogP contribution >= 0.6 is 0 Å². The van der Waals surface area contributed by atoms with Crippen LogP contribution in [-0.4, -0.2) is 71.6 Å². The minimum absolute atomic E-state index is 0.0140. The second-order valence-corrected chi connectivity index (χ2v) is 6.20. The third-order valence-corrected chi connectivity index (χ3v) is 4.42. The van der Waals surface area contributed by atoms with Crippen molar-refractivity contribution in [1.29, 1.82) is 0 Å². The second kappa shape index (κ2) is 8.64. The third-order valence-electron chi connectivity index (χ3n) is 4.42. The number of aromatic nitrogens is 2. The summed E-state index contributed by atoms with van der Waals surface area (Å²) < 4.78 is 7.27. The molecular weight excluding hydrogens is 318 g/mol. The Kier molecular flexibility index (Phi) is 6.03. The molecular formula is C18H25N5O2. The Morgan fingerprint density at radius 1 is 1.20 bits per heavy atom. The number of piperazine rings is 1. The minimum Gasteiger partial charge on any atom is -0.497 e. The summed E-state index contributed by atoms with van der Waals surface area (Å²) in [6, 6.07) is 7.42. The summed E-state index contributed by atoms with van der Waals surface area (Å²) in [6.45, 7) is 6.19. The monoisotopic (exact) mass is 343 g/mol. The summed E-state index contributed by atoms with van der Waals surface area (Å²) in [6.07, 6.45) is 5.64. The molecule has 134 valence electrons. The van der Waals surface area contributed by atoms with Gasteiger partial charge in [-0.15, -0.1) is 0 Å². The molecule has 2 aromatic rings. The summed E-state index contributed by atoms with van der Waals surface area (Å²) >= 11 is 0. The standard InChI is InChI=1S/C18H25N5O2/c1-25-17-4-2-3-16(13-17)20-18(24)14-22-10-7-21(8-11-22)9-12-23-6-5-19-15-23/h2-6,13,15H,7-12,14H2,1H3,(H,20,24). The van der Waals surface area contributed by atoms with E-state index in [1.54, 1.807) is 13.3 Å². The van der Waals surface area contributed by atoms with Crippen LogP contribution in [0.2, 0.25) is 0 Å². The lowest BCUT2D eigenvalue weighted by Crippen LogP contribution is -2.49. The first-order chi connectivity index (χ1) is 12.2. The quantitative estimate of drug-likeness (QED) is 0.817. The lowest BCUT2D eigenvalue weighted by molar-refractivity contribution is -0.117. The molecule has 0 bridgehead atoms. The number of hydrogen-bond acceptors (Lipinski definition) is 5. The van der Waals surface area contributed by atoms with Crippen molar-refractivity contribution in [3.63, 3.8) is 0 Å². The molecule has 0 aliphatic carbocycles. The van der Waals surface area contributed by atoms with Crippen molar-refractivity contribution in [3.05, 3.63) is 43.0 Å². The van der Waals surface area contributed by atoms with E-state index in [4.69, 9.17) is 4.74 Å². The van der Waals surface area contributed by atoms with Crippen molar-refractivity contribution in [3.8, 4) is 5.75 Å². The van der Waals surface area contributed by atoms with Crippen LogP contribution in [0.4, 0.5) is 5.69 Å². The van der Waals surface area contributed by atoms with Crippen LogP contribution in [0.5, 0.6) is 5.75 Å². The van der Waals surface area contributed by atoms with Gasteiger partial charge < -0.3 is 14.6 Å². The fourth-order valence-corrected chi connectivity index (χ4v) is 2.95. The molecule has 7 heteroatoms. The van der Waals surface area contributed by atoms with Crippen molar-refractivity contribution in [2.45, 2.75) is 6.54 Å². The topological polar surface area (TPSA) is 62.6 Å². The minimum atomic E-state index is 0.0140. The first-order valence-electron chi connectivity index (χ1n) is 8.57. The number of imidazole rings is 1. The Labute approximate surface area is 148 Å². The van der Waals surface area contributed by atoms with E-state index in [1.165, 1.54) is 0 Å². The van der Waals surface area contributed by atoms with Crippen LogP contribution in [0, 0.1) is 0 Å². The largest absolute Gasteiger partial charge is 0.497 e. The molecule has 0 spiro atoms. The average Bonchev–Trinajstić information content (AvgIpc) is 3.15. The Balaban J connectivity index is 1.38. The summed E-state index contributed by atoms with van der Waals surface area (Å²) in [4.78, 5) is 20.9. The lowest BCUT2D eigenvalue weighted by Gasteiger charge is -2.34. The number of amides is 1. The Hall–Kier alpha value is -2.38. The van der Waals surface area contributed by atoms with E-state index < -0.39 is 0 Å². The number of carbonyl (C=O) groups is 1. The van der Waals surface area contributed by atoms with Crippen LogP contribution in [0.3, 0.4) is 0 Å². The highest BCUT2D eigenvalue weighted by atomic mass is 16.5. The molecule has 7 nitrogen and oxygen atoms in total. The molecule has 1 aromatic carbocycles. The van der Waals surface area contributed by atoms with Gasteiger partial charge in [0.2, 0.25) is 5.91 Å². The maximum absolute atomic E-state index is 12.2. The van der Waals surface area contributed by atoms with Gasteiger partial charge in [-0.05, 0) is 12.1 Å². The molecule has 1 N–H and O–H groups in total. The summed E-state index contributed by atoms with van der Waals surface area (Å²) in [5.74, 6) is 0.754. The molecule has 1 aliphatic heterocycles. The predicted octanol–water partition coefficient (Wildman–Crippen LogP) is 1.15. The molecule has 1 fully saturated rings. The van der Waals surface area contributed by atoms with Gasteiger partial charge in [-0.3, -0.25) is 14.6 Å². The van der Waals surface area contributed by atoms with Crippen LogP contribution in [0.25, 0.3) is 0 Å².